The quantitative estimate of drug-likeness (QED) is 0.696. The van der Waals surface area contributed by atoms with Crippen LogP contribution in [0.3, 0.4) is 0 Å². The van der Waals surface area contributed by atoms with Crippen molar-refractivity contribution in [2.24, 2.45) is 5.73 Å². The summed E-state index contributed by atoms with van der Waals surface area (Å²) in [6, 6.07) is 0. The third-order valence-electron chi connectivity index (χ3n) is 3.02. The van der Waals surface area contributed by atoms with Gasteiger partial charge in [-0.15, -0.1) is 12.4 Å². The first kappa shape index (κ1) is 20.0. The van der Waals surface area contributed by atoms with E-state index in [2.05, 4.69) is 5.32 Å². The van der Waals surface area contributed by atoms with E-state index in [-0.39, 0.29) is 18.2 Å². The first-order chi connectivity index (χ1) is 7.84. The van der Waals surface area contributed by atoms with Gasteiger partial charge in [-0.2, -0.15) is 0 Å². The molecule has 0 atom stereocenters. The van der Waals surface area contributed by atoms with Gasteiger partial charge in [-0.25, -0.2) is 8.42 Å². The van der Waals surface area contributed by atoms with E-state index in [1.54, 1.807) is 6.92 Å². The Labute approximate surface area is 116 Å². The van der Waals surface area contributed by atoms with Crippen LogP contribution in [0.15, 0.2) is 0 Å². The molecule has 0 heterocycles. The Balaban J connectivity index is 0. The van der Waals surface area contributed by atoms with E-state index >= 15 is 0 Å². The third kappa shape index (κ3) is 6.56. The number of nitrogens with one attached hydrogen (secondary N) is 1. The van der Waals surface area contributed by atoms with Crippen LogP contribution in [0, 0.1) is 0 Å². The molecule has 0 bridgehead atoms. The fourth-order valence-corrected chi connectivity index (χ4v) is 2.92. The predicted molar refractivity (Wildman–Crippen MR) is 76.7 cm³/mol. The Morgan fingerprint density at radius 3 is 2.06 bits per heavy atom. The number of rotatable bonds is 8. The van der Waals surface area contributed by atoms with Crippen LogP contribution < -0.4 is 11.1 Å². The summed E-state index contributed by atoms with van der Waals surface area (Å²) in [5, 5.41) is 2.75. The molecule has 0 saturated heterocycles. The van der Waals surface area contributed by atoms with E-state index in [9.17, 15) is 13.2 Å². The SMILES string of the molecule is CCCS(=O)(=O)CC(=O)NC(CC)(CC)CN.Cl. The summed E-state index contributed by atoms with van der Waals surface area (Å²) in [5.41, 5.74) is 5.16. The van der Waals surface area contributed by atoms with Crippen LogP contribution in [0.5, 0.6) is 0 Å². The van der Waals surface area contributed by atoms with E-state index < -0.39 is 27.0 Å². The summed E-state index contributed by atoms with van der Waals surface area (Å²) in [6.45, 7) is 5.95. The molecule has 3 N–H and O–H groups in total. The fourth-order valence-electron chi connectivity index (χ4n) is 1.68. The largest absolute Gasteiger partial charge is 0.349 e. The molecule has 0 aromatic carbocycles. The van der Waals surface area contributed by atoms with Gasteiger partial charge in [0.2, 0.25) is 5.91 Å². The zero-order chi connectivity index (χ0) is 13.5. The predicted octanol–water partition coefficient (Wildman–Crippen LogP) is 0.867. The number of carbonyl (C=O) groups is 1. The molecule has 0 saturated carbocycles. The Morgan fingerprint density at radius 2 is 1.72 bits per heavy atom. The van der Waals surface area contributed by atoms with Gasteiger partial charge in [0.25, 0.3) is 0 Å². The molecular weight excluding hydrogens is 276 g/mol. The smallest absolute Gasteiger partial charge is 0.235 e. The topological polar surface area (TPSA) is 89.3 Å². The number of nitrogens with two attached hydrogens (primary N) is 1. The minimum atomic E-state index is -3.28. The first-order valence-corrected chi connectivity index (χ1v) is 7.88. The molecule has 0 radical (unpaired) electrons. The van der Waals surface area contributed by atoms with Gasteiger partial charge < -0.3 is 11.1 Å². The van der Waals surface area contributed by atoms with Crippen molar-refractivity contribution in [2.75, 3.05) is 18.1 Å². The molecule has 110 valence electrons. The average molecular weight is 301 g/mol. The minimum absolute atomic E-state index is 0. The highest BCUT2D eigenvalue weighted by Gasteiger charge is 2.28. The number of hydrogen-bond acceptors (Lipinski definition) is 4. The van der Waals surface area contributed by atoms with Gasteiger partial charge in [-0.3, -0.25) is 4.79 Å². The highest BCUT2D eigenvalue weighted by molar-refractivity contribution is 7.92. The molecule has 7 heteroatoms. The van der Waals surface area contributed by atoms with Gasteiger partial charge in [0.15, 0.2) is 9.84 Å². The highest BCUT2D eigenvalue weighted by atomic mass is 35.5. The molecule has 0 aromatic heterocycles. The van der Waals surface area contributed by atoms with Gasteiger partial charge in [0.1, 0.15) is 5.75 Å². The second-order valence-corrected chi connectivity index (χ2v) is 6.52. The molecular formula is C11H25ClN2O3S. The molecule has 18 heavy (non-hydrogen) atoms. The molecule has 0 rings (SSSR count). The van der Waals surface area contributed by atoms with Gasteiger partial charge in [0.05, 0.1) is 11.3 Å². The summed E-state index contributed by atoms with van der Waals surface area (Å²) >= 11 is 0. The van der Waals surface area contributed by atoms with E-state index in [1.807, 2.05) is 13.8 Å². The summed E-state index contributed by atoms with van der Waals surface area (Å²) in [6.07, 6.45) is 1.92. The van der Waals surface area contributed by atoms with Crippen LogP contribution in [0.2, 0.25) is 0 Å². The van der Waals surface area contributed by atoms with Crippen molar-refractivity contribution < 1.29 is 13.2 Å². The Morgan fingerprint density at radius 1 is 1.22 bits per heavy atom. The van der Waals surface area contributed by atoms with Crippen LogP contribution in [-0.2, 0) is 14.6 Å². The maximum Gasteiger partial charge on any atom is 0.235 e. The first-order valence-electron chi connectivity index (χ1n) is 6.06. The molecule has 0 spiro atoms. The highest BCUT2D eigenvalue weighted by Crippen LogP contribution is 2.13. The summed E-state index contributed by atoms with van der Waals surface area (Å²) in [7, 11) is -3.28. The molecule has 0 aromatic rings. The zero-order valence-corrected chi connectivity index (χ0v) is 13.0. The second-order valence-electron chi connectivity index (χ2n) is 4.33. The lowest BCUT2D eigenvalue weighted by atomic mass is 9.93. The molecule has 0 aliphatic heterocycles. The standard InChI is InChI=1S/C11H24N2O3S.ClH/c1-4-7-17(15,16)8-10(14)13-11(5-2,6-3)9-12;/h4-9,12H2,1-3H3,(H,13,14);1H. The maximum atomic E-state index is 11.7. The van der Waals surface area contributed by atoms with Gasteiger partial charge in [0, 0.05) is 6.54 Å². The summed E-state index contributed by atoms with van der Waals surface area (Å²) in [4.78, 5) is 11.7. The van der Waals surface area contributed by atoms with Crippen LogP contribution >= 0.6 is 12.4 Å². The summed E-state index contributed by atoms with van der Waals surface area (Å²) < 4.78 is 23.0. The van der Waals surface area contributed by atoms with Crippen molar-refractivity contribution in [2.45, 2.75) is 45.6 Å². The van der Waals surface area contributed by atoms with Crippen LogP contribution in [0.4, 0.5) is 0 Å². The average Bonchev–Trinajstić information content (AvgIpc) is 2.25. The number of hydrogen-bond donors (Lipinski definition) is 2. The van der Waals surface area contributed by atoms with E-state index in [0.29, 0.717) is 25.8 Å². The fraction of sp³-hybridized carbons (Fsp3) is 0.909. The maximum absolute atomic E-state index is 11.7. The van der Waals surface area contributed by atoms with E-state index in [1.165, 1.54) is 0 Å². The van der Waals surface area contributed by atoms with Crippen molar-refractivity contribution in [3.8, 4) is 0 Å². The Bertz CT molecular complexity index is 332. The molecule has 0 unspecified atom stereocenters. The normalized spacial score (nSPS) is 11.8. The third-order valence-corrected chi connectivity index (χ3v) is 4.75. The number of halogens is 1. The number of sulfone groups is 1. The second kappa shape index (κ2) is 8.72. The molecule has 5 nitrogen and oxygen atoms in total. The van der Waals surface area contributed by atoms with Crippen LogP contribution in [0.25, 0.3) is 0 Å². The van der Waals surface area contributed by atoms with Crippen LogP contribution in [0.1, 0.15) is 40.0 Å². The number of amides is 1. The number of carbonyl (C=O) groups excluding carboxylic acids is 1. The molecule has 0 aliphatic carbocycles. The summed E-state index contributed by atoms with van der Waals surface area (Å²) in [5.74, 6) is -0.843. The van der Waals surface area contributed by atoms with Gasteiger partial charge >= 0.3 is 0 Å². The lowest BCUT2D eigenvalue weighted by Crippen LogP contribution is -2.54. The Kier molecular flexibility index (Phi) is 9.68. The molecule has 1 amide bonds. The zero-order valence-electron chi connectivity index (χ0n) is 11.4. The van der Waals surface area contributed by atoms with Crippen molar-refractivity contribution in [3.05, 3.63) is 0 Å². The van der Waals surface area contributed by atoms with Crippen molar-refractivity contribution in [1.29, 1.82) is 0 Å². The van der Waals surface area contributed by atoms with E-state index in [4.69, 9.17) is 5.73 Å². The monoisotopic (exact) mass is 300 g/mol. The lowest BCUT2D eigenvalue weighted by Gasteiger charge is -2.31. The molecule has 0 aliphatic rings. The van der Waals surface area contributed by atoms with Crippen molar-refractivity contribution in [1.82, 2.24) is 5.32 Å². The Hall–Kier alpha value is -0.330. The van der Waals surface area contributed by atoms with Gasteiger partial charge in [-0.05, 0) is 19.3 Å². The van der Waals surface area contributed by atoms with Crippen molar-refractivity contribution >= 4 is 28.2 Å². The van der Waals surface area contributed by atoms with Crippen LogP contribution in [-0.4, -0.2) is 37.9 Å². The lowest BCUT2D eigenvalue weighted by molar-refractivity contribution is -0.120. The van der Waals surface area contributed by atoms with Crippen molar-refractivity contribution in [3.63, 3.8) is 0 Å². The van der Waals surface area contributed by atoms with Gasteiger partial charge in [-0.1, -0.05) is 20.8 Å². The molecule has 0 fully saturated rings. The van der Waals surface area contributed by atoms with E-state index in [0.717, 1.165) is 0 Å². The minimum Gasteiger partial charge on any atom is -0.349 e.